The topological polar surface area (TPSA) is 3.24 Å². The van der Waals surface area contributed by atoms with E-state index in [4.69, 9.17) is 0 Å². The summed E-state index contributed by atoms with van der Waals surface area (Å²) in [4.78, 5) is 2.29. The van der Waals surface area contributed by atoms with Gasteiger partial charge in [0.2, 0.25) is 0 Å². The van der Waals surface area contributed by atoms with Crippen LogP contribution in [-0.4, -0.2) is 18.0 Å². The molecule has 0 saturated carbocycles. The first-order chi connectivity index (χ1) is 5.90. The van der Waals surface area contributed by atoms with E-state index in [0.717, 1.165) is 13.1 Å². The molecule has 1 heterocycles. The number of piperidine rings is 1. The SMILES string of the molecule is C=CN1CCC2=CCCC=C2C1. The molecule has 0 aromatic rings. The molecule has 1 fully saturated rings. The molecule has 0 amide bonds. The maximum Gasteiger partial charge on any atom is 0.0423 e. The number of allylic oxidation sites excluding steroid dienone is 2. The normalized spacial score (nSPS) is 22.5. The van der Waals surface area contributed by atoms with Gasteiger partial charge in [0.25, 0.3) is 0 Å². The van der Waals surface area contributed by atoms with Gasteiger partial charge in [-0.15, -0.1) is 0 Å². The Morgan fingerprint density at radius 2 is 2.00 bits per heavy atom. The van der Waals surface area contributed by atoms with E-state index < -0.39 is 0 Å². The van der Waals surface area contributed by atoms with Crippen molar-refractivity contribution >= 4 is 0 Å². The summed E-state index contributed by atoms with van der Waals surface area (Å²) in [6, 6.07) is 0. The van der Waals surface area contributed by atoms with Crippen LogP contribution in [0.3, 0.4) is 0 Å². The zero-order chi connectivity index (χ0) is 8.39. The molecule has 0 aromatic heterocycles. The van der Waals surface area contributed by atoms with Gasteiger partial charge < -0.3 is 4.90 Å². The van der Waals surface area contributed by atoms with Gasteiger partial charge in [-0.3, -0.25) is 0 Å². The second-order valence-corrected chi connectivity index (χ2v) is 3.44. The first kappa shape index (κ1) is 7.66. The molecule has 0 spiro atoms. The van der Waals surface area contributed by atoms with Crippen molar-refractivity contribution in [3.63, 3.8) is 0 Å². The fourth-order valence-corrected chi connectivity index (χ4v) is 1.92. The lowest BCUT2D eigenvalue weighted by Gasteiger charge is -2.30. The zero-order valence-electron chi connectivity index (χ0n) is 7.42. The summed E-state index contributed by atoms with van der Waals surface area (Å²) < 4.78 is 0. The third kappa shape index (κ3) is 1.31. The number of nitrogens with zero attached hydrogens (tertiary/aromatic N) is 1. The molecular formula is C11H15N. The molecule has 0 N–H and O–H groups in total. The van der Waals surface area contributed by atoms with Crippen molar-refractivity contribution in [2.45, 2.75) is 19.3 Å². The van der Waals surface area contributed by atoms with Crippen LogP contribution in [0.25, 0.3) is 0 Å². The maximum absolute atomic E-state index is 3.80. The van der Waals surface area contributed by atoms with E-state index in [9.17, 15) is 0 Å². The van der Waals surface area contributed by atoms with E-state index in [1.54, 1.807) is 5.57 Å². The van der Waals surface area contributed by atoms with Crippen LogP contribution in [0.1, 0.15) is 19.3 Å². The van der Waals surface area contributed by atoms with Gasteiger partial charge in [0.1, 0.15) is 0 Å². The minimum atomic E-state index is 1.08. The predicted octanol–water partition coefficient (Wildman–Crippen LogP) is 2.48. The first-order valence-electron chi connectivity index (χ1n) is 4.65. The second kappa shape index (κ2) is 3.18. The van der Waals surface area contributed by atoms with Crippen LogP contribution in [0.4, 0.5) is 0 Å². The molecule has 1 saturated heterocycles. The minimum Gasteiger partial charge on any atom is -0.373 e. The van der Waals surface area contributed by atoms with Gasteiger partial charge in [-0.05, 0) is 36.6 Å². The Labute approximate surface area is 74.1 Å². The highest BCUT2D eigenvalue weighted by atomic mass is 15.1. The van der Waals surface area contributed by atoms with Crippen molar-refractivity contribution < 1.29 is 0 Å². The Morgan fingerprint density at radius 3 is 2.75 bits per heavy atom. The molecule has 0 radical (unpaired) electrons. The third-order valence-electron chi connectivity index (χ3n) is 2.66. The quantitative estimate of drug-likeness (QED) is 0.571. The fraction of sp³-hybridized carbons (Fsp3) is 0.455. The van der Waals surface area contributed by atoms with Gasteiger partial charge >= 0.3 is 0 Å². The standard InChI is InChI=1S/C11H15N/c1-2-12-8-7-10-5-3-4-6-11(10)9-12/h2,5-6H,1,3-4,7-9H2. The van der Waals surface area contributed by atoms with Gasteiger partial charge in [0.05, 0.1) is 0 Å². The first-order valence-corrected chi connectivity index (χ1v) is 4.65. The number of hydrogen-bond donors (Lipinski definition) is 0. The van der Waals surface area contributed by atoms with Crippen LogP contribution in [0.15, 0.2) is 36.1 Å². The molecule has 0 bridgehead atoms. The summed E-state index contributed by atoms with van der Waals surface area (Å²) in [6.07, 6.45) is 10.4. The molecular weight excluding hydrogens is 146 g/mol. The molecule has 1 aliphatic carbocycles. The average molecular weight is 161 g/mol. The van der Waals surface area contributed by atoms with E-state index in [-0.39, 0.29) is 0 Å². The molecule has 0 unspecified atom stereocenters. The number of hydrogen-bond acceptors (Lipinski definition) is 1. The molecule has 2 aliphatic rings. The Balaban J connectivity index is 2.13. The van der Waals surface area contributed by atoms with Crippen molar-refractivity contribution in [2.24, 2.45) is 0 Å². The molecule has 1 heteroatoms. The molecule has 12 heavy (non-hydrogen) atoms. The zero-order valence-corrected chi connectivity index (χ0v) is 7.42. The van der Waals surface area contributed by atoms with Crippen LogP contribution < -0.4 is 0 Å². The molecule has 0 atom stereocenters. The van der Waals surface area contributed by atoms with Crippen molar-refractivity contribution in [2.75, 3.05) is 13.1 Å². The number of rotatable bonds is 1. The van der Waals surface area contributed by atoms with Crippen molar-refractivity contribution in [3.05, 3.63) is 36.1 Å². The average Bonchev–Trinajstić information content (AvgIpc) is 2.17. The van der Waals surface area contributed by atoms with Gasteiger partial charge in [0, 0.05) is 13.1 Å². The molecule has 0 aromatic carbocycles. The van der Waals surface area contributed by atoms with Crippen molar-refractivity contribution in [1.29, 1.82) is 0 Å². The van der Waals surface area contributed by atoms with E-state index in [2.05, 4.69) is 23.6 Å². The summed E-state index contributed by atoms with van der Waals surface area (Å²) in [5.41, 5.74) is 3.12. The van der Waals surface area contributed by atoms with E-state index in [1.807, 2.05) is 6.20 Å². The highest BCUT2D eigenvalue weighted by Crippen LogP contribution is 2.26. The van der Waals surface area contributed by atoms with Crippen LogP contribution in [0.2, 0.25) is 0 Å². The lowest BCUT2D eigenvalue weighted by Crippen LogP contribution is -2.28. The second-order valence-electron chi connectivity index (χ2n) is 3.44. The van der Waals surface area contributed by atoms with E-state index in [0.29, 0.717) is 0 Å². The maximum atomic E-state index is 3.80. The minimum absolute atomic E-state index is 1.08. The van der Waals surface area contributed by atoms with Gasteiger partial charge in [0.15, 0.2) is 0 Å². The number of likely N-dealkylation sites (tertiary alicyclic amines) is 1. The Morgan fingerprint density at radius 1 is 1.25 bits per heavy atom. The smallest absolute Gasteiger partial charge is 0.0423 e. The third-order valence-corrected chi connectivity index (χ3v) is 2.66. The van der Waals surface area contributed by atoms with Gasteiger partial charge in [-0.2, -0.15) is 0 Å². The molecule has 1 aliphatic heterocycles. The van der Waals surface area contributed by atoms with Crippen LogP contribution in [-0.2, 0) is 0 Å². The monoisotopic (exact) mass is 161 g/mol. The van der Waals surface area contributed by atoms with Crippen LogP contribution >= 0.6 is 0 Å². The summed E-state index contributed by atoms with van der Waals surface area (Å²) in [5.74, 6) is 0. The summed E-state index contributed by atoms with van der Waals surface area (Å²) in [6.45, 7) is 6.03. The summed E-state index contributed by atoms with van der Waals surface area (Å²) in [7, 11) is 0. The molecule has 1 nitrogen and oxygen atoms in total. The lowest BCUT2D eigenvalue weighted by molar-refractivity contribution is 0.388. The van der Waals surface area contributed by atoms with Crippen LogP contribution in [0.5, 0.6) is 0 Å². The van der Waals surface area contributed by atoms with Crippen molar-refractivity contribution in [3.8, 4) is 0 Å². The highest BCUT2D eigenvalue weighted by Gasteiger charge is 2.16. The fourth-order valence-electron chi connectivity index (χ4n) is 1.92. The van der Waals surface area contributed by atoms with Crippen molar-refractivity contribution in [1.82, 2.24) is 4.90 Å². The molecule has 2 rings (SSSR count). The lowest BCUT2D eigenvalue weighted by atomic mass is 9.92. The van der Waals surface area contributed by atoms with Crippen LogP contribution in [0, 0.1) is 0 Å². The summed E-state index contributed by atoms with van der Waals surface area (Å²) in [5, 5.41) is 0. The largest absolute Gasteiger partial charge is 0.373 e. The summed E-state index contributed by atoms with van der Waals surface area (Å²) >= 11 is 0. The Kier molecular flexibility index (Phi) is 2.03. The van der Waals surface area contributed by atoms with E-state index in [1.165, 1.54) is 24.8 Å². The Bertz CT molecular complexity index is 248. The number of fused-ring (bicyclic) bond motifs is 1. The Hall–Kier alpha value is -0.980. The highest BCUT2D eigenvalue weighted by molar-refractivity contribution is 5.37. The molecule has 64 valence electrons. The van der Waals surface area contributed by atoms with Gasteiger partial charge in [-0.1, -0.05) is 18.7 Å². The van der Waals surface area contributed by atoms with E-state index >= 15 is 0 Å². The predicted molar refractivity (Wildman–Crippen MR) is 51.8 cm³/mol. The van der Waals surface area contributed by atoms with Gasteiger partial charge in [-0.25, -0.2) is 0 Å².